The van der Waals surface area contributed by atoms with E-state index in [-0.39, 0.29) is 0 Å². The van der Waals surface area contributed by atoms with Crippen LogP contribution in [0.5, 0.6) is 23.0 Å². The van der Waals surface area contributed by atoms with Crippen LogP contribution in [0.4, 0.5) is 11.4 Å². The van der Waals surface area contributed by atoms with Crippen molar-refractivity contribution < 1.29 is 38.1 Å². The van der Waals surface area contributed by atoms with Gasteiger partial charge in [-0.2, -0.15) is 0 Å². The molecule has 0 atom stereocenters. The topological polar surface area (TPSA) is 112 Å². The molecule has 15 rings (SSSR count). The number of amides is 4. The molecule has 0 unspecified atom stereocenters. The Morgan fingerprint density at radius 2 is 0.443 bits per heavy atom. The summed E-state index contributed by atoms with van der Waals surface area (Å²) in [7, 11) is 6.13. The lowest BCUT2D eigenvalue weighted by Crippen LogP contribution is -2.40. The number of carbonyl (C=O) groups is 4. The lowest BCUT2D eigenvalue weighted by atomic mass is 9.80. The SMILES string of the molecule is COc1cc(OC)cc(N2C(=O)c3ccc4c5ccc6c7ccc8c9ccc%10c%11c(ccc(c%12ccc(c%13ccc(c%14ccc(c3c4%14)C2=O)c5c6%13)c7c8%12)c%119)C(=O)N(c2cc(OC)cc(OC)c2)C%10=O)c1. The second-order valence-corrected chi connectivity index (χ2v) is 18.3. The Morgan fingerprint density at radius 1 is 0.257 bits per heavy atom. The smallest absolute Gasteiger partial charge is 0.265 e. The van der Waals surface area contributed by atoms with E-state index in [0.29, 0.717) is 67.4 Å². The predicted molar refractivity (Wildman–Crippen MR) is 276 cm³/mol. The van der Waals surface area contributed by atoms with Crippen LogP contribution in [0.15, 0.2) is 133 Å². The van der Waals surface area contributed by atoms with Crippen LogP contribution in [0, 0.1) is 0 Å². The summed E-state index contributed by atoms with van der Waals surface area (Å²) in [5, 5.41) is 20.2. The molecule has 0 saturated heterocycles. The summed E-state index contributed by atoms with van der Waals surface area (Å²) in [6, 6.07) is 43.3. The Bertz CT molecular complexity index is 4070. The Balaban J connectivity index is 0.942. The molecule has 0 radical (unpaired) electrons. The van der Waals surface area contributed by atoms with Gasteiger partial charge < -0.3 is 18.9 Å². The van der Waals surface area contributed by atoms with Gasteiger partial charge in [0.15, 0.2) is 0 Å². The summed E-state index contributed by atoms with van der Waals surface area (Å²) in [5.74, 6) is 0.227. The number of fused-ring (bicyclic) bond motifs is 6. The second-order valence-electron chi connectivity index (χ2n) is 18.3. The van der Waals surface area contributed by atoms with E-state index >= 15 is 0 Å². The molecule has 0 spiro atoms. The molecule has 0 aromatic heterocycles. The van der Waals surface area contributed by atoms with Crippen LogP contribution >= 0.6 is 0 Å². The van der Waals surface area contributed by atoms with Gasteiger partial charge in [0.2, 0.25) is 0 Å². The second kappa shape index (κ2) is 13.2. The quantitative estimate of drug-likeness (QED) is 0.0921. The molecule has 4 amide bonds. The van der Waals surface area contributed by atoms with Crippen molar-refractivity contribution in [2.75, 3.05) is 38.2 Å². The van der Waals surface area contributed by atoms with Crippen molar-refractivity contribution in [3.8, 4) is 23.0 Å². The van der Waals surface area contributed by atoms with Crippen molar-refractivity contribution in [1.82, 2.24) is 0 Å². The zero-order chi connectivity index (χ0) is 47.2. The van der Waals surface area contributed by atoms with Gasteiger partial charge in [0.05, 0.1) is 39.8 Å². The highest BCUT2D eigenvalue weighted by Crippen LogP contribution is 2.52. The van der Waals surface area contributed by atoms with Crippen LogP contribution in [0.1, 0.15) is 41.4 Å². The van der Waals surface area contributed by atoms with Crippen molar-refractivity contribution in [3.63, 3.8) is 0 Å². The normalized spacial score (nSPS) is 14.1. The summed E-state index contributed by atoms with van der Waals surface area (Å²) in [5.41, 5.74) is 2.55. The number of methoxy groups -OCH3 is 4. The van der Waals surface area contributed by atoms with Gasteiger partial charge >= 0.3 is 0 Å². The molecule has 2 heterocycles. The van der Waals surface area contributed by atoms with Gasteiger partial charge in [0, 0.05) is 69.4 Å². The monoisotopic (exact) mass is 910 g/mol. The van der Waals surface area contributed by atoms with E-state index in [1.807, 2.05) is 48.5 Å². The summed E-state index contributed by atoms with van der Waals surface area (Å²) < 4.78 is 22.0. The highest BCUT2D eigenvalue weighted by atomic mass is 16.5. The highest BCUT2D eigenvalue weighted by molar-refractivity contribution is 6.49. The third kappa shape index (κ3) is 4.58. The first kappa shape index (κ1) is 38.8. The van der Waals surface area contributed by atoms with E-state index in [1.165, 1.54) is 38.2 Å². The first-order valence-electron chi connectivity index (χ1n) is 22.9. The van der Waals surface area contributed by atoms with E-state index in [9.17, 15) is 19.2 Å². The Hall–Kier alpha value is -9.28. The molecule has 13 aromatic rings. The maximum Gasteiger partial charge on any atom is 0.265 e. The van der Waals surface area contributed by atoms with Gasteiger partial charge in [-0.25, -0.2) is 9.80 Å². The molecule has 10 nitrogen and oxygen atoms in total. The molecule has 2 aliphatic rings. The van der Waals surface area contributed by atoms with Crippen LogP contribution < -0.4 is 28.7 Å². The van der Waals surface area contributed by atoms with Crippen molar-refractivity contribution in [1.29, 1.82) is 0 Å². The number of anilines is 2. The molecule has 2 aliphatic heterocycles. The molecule has 13 aromatic carbocycles. The average molecular weight is 911 g/mol. The fourth-order valence-electron chi connectivity index (χ4n) is 12.4. The van der Waals surface area contributed by atoms with Gasteiger partial charge in [-0.05, 0) is 121 Å². The molecule has 0 aliphatic carbocycles. The van der Waals surface area contributed by atoms with E-state index in [4.69, 9.17) is 18.9 Å². The fraction of sp³-hybridized carbons (Fsp3) is 0.0667. The maximum atomic E-state index is 14.5. The van der Waals surface area contributed by atoms with Crippen LogP contribution in [-0.2, 0) is 0 Å². The molecule has 332 valence electrons. The number of ether oxygens (including phenoxy) is 4. The summed E-state index contributed by atoms with van der Waals surface area (Å²) in [6.45, 7) is 0. The highest BCUT2D eigenvalue weighted by Gasteiger charge is 2.38. The van der Waals surface area contributed by atoms with Gasteiger partial charge in [0.25, 0.3) is 23.6 Å². The number of carbonyl (C=O) groups excluding carboxylic acids is 4. The summed E-state index contributed by atoms with van der Waals surface area (Å²) >= 11 is 0. The lowest BCUT2D eigenvalue weighted by Gasteiger charge is -2.29. The van der Waals surface area contributed by atoms with Crippen LogP contribution in [0.25, 0.3) is 108 Å². The standard InChI is InChI=1S/C60H34N2O8/c1-67-29-21-27(22-30(25-29)68-2)61-57(63)45-17-13-41-37-9-5-33-35-7-11-39-43-15-19-47-56-48(60(66)62(59(47)65)28-23-31(69-3)26-32(24-28)70-4)20-16-44(54(43)56)40-12-8-36(50(35)52(39)40)34-6-10-38(51(37)49(33)34)42-14-18-46(58(61)64)55(45)53(41)42/h5-26H,1-4H3. The minimum atomic E-state index is -0.411. The first-order valence-corrected chi connectivity index (χ1v) is 22.9. The molecule has 0 fully saturated rings. The number of nitrogens with zero attached hydrogens (tertiary/aromatic N) is 2. The average Bonchev–Trinajstić information content (AvgIpc) is 3.40. The number of imide groups is 2. The molecular weight excluding hydrogens is 877 g/mol. The number of hydrogen-bond donors (Lipinski definition) is 0. The number of benzene rings is 13. The molecule has 10 heteroatoms. The third-order valence-corrected chi connectivity index (χ3v) is 15.3. The Morgan fingerprint density at radius 3 is 0.643 bits per heavy atom. The summed E-state index contributed by atoms with van der Waals surface area (Å²) in [6.07, 6.45) is 0. The van der Waals surface area contributed by atoms with E-state index in [1.54, 1.807) is 36.4 Å². The molecular formula is C60H34N2O8. The van der Waals surface area contributed by atoms with Gasteiger partial charge in [-0.1, -0.05) is 72.8 Å². The fourth-order valence-corrected chi connectivity index (χ4v) is 12.4. The Labute approximate surface area is 396 Å². The van der Waals surface area contributed by atoms with Crippen LogP contribution in [0.3, 0.4) is 0 Å². The lowest BCUT2D eigenvalue weighted by molar-refractivity contribution is 0.0877. The molecule has 0 N–H and O–H groups in total. The van der Waals surface area contributed by atoms with Crippen molar-refractivity contribution in [2.24, 2.45) is 0 Å². The first-order chi connectivity index (χ1) is 34.2. The van der Waals surface area contributed by atoms with Gasteiger partial charge in [-0.3, -0.25) is 19.2 Å². The number of hydrogen-bond acceptors (Lipinski definition) is 8. The third-order valence-electron chi connectivity index (χ3n) is 15.3. The van der Waals surface area contributed by atoms with Gasteiger partial charge in [0.1, 0.15) is 23.0 Å². The number of rotatable bonds is 6. The summed E-state index contributed by atoms with van der Waals surface area (Å²) in [4.78, 5) is 60.3. The minimum absolute atomic E-state index is 0.368. The van der Waals surface area contributed by atoms with E-state index in [0.717, 1.165) is 97.0 Å². The molecule has 0 bridgehead atoms. The predicted octanol–water partition coefficient (Wildman–Crippen LogP) is 13.2. The maximum absolute atomic E-state index is 14.5. The van der Waals surface area contributed by atoms with E-state index in [2.05, 4.69) is 48.5 Å². The van der Waals surface area contributed by atoms with Crippen LogP contribution in [-0.4, -0.2) is 52.1 Å². The zero-order valence-corrected chi connectivity index (χ0v) is 37.9. The van der Waals surface area contributed by atoms with Crippen molar-refractivity contribution in [3.05, 3.63) is 156 Å². The van der Waals surface area contributed by atoms with Crippen molar-refractivity contribution in [2.45, 2.75) is 0 Å². The molecule has 70 heavy (non-hydrogen) atoms. The van der Waals surface area contributed by atoms with Crippen molar-refractivity contribution >= 4 is 143 Å². The molecule has 0 saturated carbocycles. The Kier molecular flexibility index (Phi) is 7.34. The van der Waals surface area contributed by atoms with E-state index < -0.39 is 23.6 Å². The van der Waals surface area contributed by atoms with Gasteiger partial charge in [-0.15, -0.1) is 0 Å². The zero-order valence-electron chi connectivity index (χ0n) is 37.9. The van der Waals surface area contributed by atoms with Crippen LogP contribution in [0.2, 0.25) is 0 Å². The minimum Gasteiger partial charge on any atom is -0.497 e. The largest absolute Gasteiger partial charge is 0.497 e.